The standard InChI is InChI=1S/C16H21N3O3/c1-11-10-21-12(2)8-19(11)9-15-17-18-16(22-15)13-4-6-14(20-3)7-5-13/h4-7,11-12H,8-10H2,1-3H3. The molecule has 0 aliphatic carbocycles. The van der Waals surface area contributed by atoms with E-state index >= 15 is 0 Å². The van der Waals surface area contributed by atoms with E-state index < -0.39 is 0 Å². The molecule has 1 aliphatic rings. The van der Waals surface area contributed by atoms with E-state index in [9.17, 15) is 0 Å². The summed E-state index contributed by atoms with van der Waals surface area (Å²) in [4.78, 5) is 2.31. The number of hydrogen-bond donors (Lipinski definition) is 0. The maximum atomic E-state index is 5.78. The van der Waals surface area contributed by atoms with Gasteiger partial charge in [-0.15, -0.1) is 10.2 Å². The number of benzene rings is 1. The van der Waals surface area contributed by atoms with Crippen LogP contribution in [0.2, 0.25) is 0 Å². The van der Waals surface area contributed by atoms with Crippen LogP contribution in [-0.4, -0.2) is 47.5 Å². The lowest BCUT2D eigenvalue weighted by atomic mass is 10.2. The summed E-state index contributed by atoms with van der Waals surface area (Å²) in [5.74, 6) is 1.97. The molecule has 0 amide bonds. The Morgan fingerprint density at radius 1 is 1.23 bits per heavy atom. The quantitative estimate of drug-likeness (QED) is 0.864. The van der Waals surface area contributed by atoms with Crippen LogP contribution in [0.1, 0.15) is 19.7 Å². The predicted octanol–water partition coefficient (Wildman–Crippen LogP) is 2.35. The number of nitrogens with zero attached hydrogens (tertiary/aromatic N) is 3. The molecule has 6 heteroatoms. The van der Waals surface area contributed by atoms with Gasteiger partial charge in [-0.3, -0.25) is 4.90 Å². The van der Waals surface area contributed by atoms with Gasteiger partial charge in [-0.1, -0.05) is 0 Å². The van der Waals surface area contributed by atoms with E-state index in [1.807, 2.05) is 24.3 Å². The second kappa shape index (κ2) is 6.46. The number of aromatic nitrogens is 2. The van der Waals surface area contributed by atoms with Crippen molar-refractivity contribution in [3.63, 3.8) is 0 Å². The van der Waals surface area contributed by atoms with Gasteiger partial charge in [0.15, 0.2) is 0 Å². The summed E-state index contributed by atoms with van der Waals surface area (Å²) in [5, 5.41) is 8.29. The molecule has 0 radical (unpaired) electrons. The predicted molar refractivity (Wildman–Crippen MR) is 81.6 cm³/mol. The number of rotatable bonds is 4. The van der Waals surface area contributed by atoms with Gasteiger partial charge in [0.05, 0.1) is 26.4 Å². The zero-order valence-corrected chi connectivity index (χ0v) is 13.2. The third-order valence-corrected chi connectivity index (χ3v) is 3.88. The number of morpholine rings is 1. The lowest BCUT2D eigenvalue weighted by Gasteiger charge is -2.35. The molecule has 118 valence electrons. The molecule has 2 heterocycles. The summed E-state index contributed by atoms with van der Waals surface area (Å²) in [6.07, 6.45) is 0.236. The minimum Gasteiger partial charge on any atom is -0.497 e. The van der Waals surface area contributed by atoms with Crippen molar-refractivity contribution in [1.82, 2.24) is 15.1 Å². The third-order valence-electron chi connectivity index (χ3n) is 3.88. The monoisotopic (exact) mass is 303 g/mol. The number of ether oxygens (including phenoxy) is 2. The molecule has 6 nitrogen and oxygen atoms in total. The van der Waals surface area contributed by atoms with E-state index in [0.29, 0.717) is 24.4 Å². The Kier molecular flexibility index (Phi) is 4.40. The Morgan fingerprint density at radius 3 is 2.73 bits per heavy atom. The molecule has 0 saturated carbocycles. The Bertz CT molecular complexity index is 611. The number of methoxy groups -OCH3 is 1. The lowest BCUT2D eigenvalue weighted by molar-refractivity contribution is -0.0550. The fraction of sp³-hybridized carbons (Fsp3) is 0.500. The summed E-state index contributed by atoms with van der Waals surface area (Å²) in [5.41, 5.74) is 0.892. The van der Waals surface area contributed by atoms with Crippen LogP contribution in [0, 0.1) is 0 Å². The summed E-state index contributed by atoms with van der Waals surface area (Å²) < 4.78 is 16.6. The topological polar surface area (TPSA) is 60.6 Å². The first-order chi connectivity index (χ1) is 10.7. The van der Waals surface area contributed by atoms with E-state index in [1.165, 1.54) is 0 Å². The normalized spacial score (nSPS) is 22.7. The van der Waals surface area contributed by atoms with Crippen molar-refractivity contribution in [3.05, 3.63) is 30.2 Å². The Labute approximate surface area is 130 Å². The molecular formula is C16H21N3O3. The Balaban J connectivity index is 1.70. The molecule has 0 N–H and O–H groups in total. The van der Waals surface area contributed by atoms with Gasteiger partial charge < -0.3 is 13.9 Å². The van der Waals surface area contributed by atoms with Crippen LogP contribution >= 0.6 is 0 Å². The lowest BCUT2D eigenvalue weighted by Crippen LogP contribution is -2.46. The van der Waals surface area contributed by atoms with Crippen LogP contribution < -0.4 is 4.74 Å². The van der Waals surface area contributed by atoms with Gasteiger partial charge in [0, 0.05) is 18.2 Å². The molecule has 22 heavy (non-hydrogen) atoms. The average Bonchev–Trinajstić information content (AvgIpc) is 2.99. The highest BCUT2D eigenvalue weighted by Gasteiger charge is 2.25. The molecule has 3 rings (SSSR count). The second-order valence-electron chi connectivity index (χ2n) is 5.65. The van der Waals surface area contributed by atoms with Crippen LogP contribution in [0.25, 0.3) is 11.5 Å². The molecule has 1 aromatic heterocycles. The molecule has 1 fully saturated rings. The highest BCUT2D eigenvalue weighted by Crippen LogP contribution is 2.22. The van der Waals surface area contributed by atoms with Crippen molar-refractivity contribution in [2.75, 3.05) is 20.3 Å². The summed E-state index contributed by atoms with van der Waals surface area (Å²) in [7, 11) is 1.64. The maximum absolute atomic E-state index is 5.78. The molecule has 2 unspecified atom stereocenters. The second-order valence-corrected chi connectivity index (χ2v) is 5.65. The van der Waals surface area contributed by atoms with Crippen LogP contribution in [-0.2, 0) is 11.3 Å². The van der Waals surface area contributed by atoms with Crippen molar-refractivity contribution < 1.29 is 13.9 Å². The van der Waals surface area contributed by atoms with Gasteiger partial charge in [0.2, 0.25) is 11.8 Å². The average molecular weight is 303 g/mol. The van der Waals surface area contributed by atoms with E-state index in [-0.39, 0.29) is 6.10 Å². The first-order valence-corrected chi connectivity index (χ1v) is 7.48. The van der Waals surface area contributed by atoms with Crippen molar-refractivity contribution in [3.8, 4) is 17.2 Å². The van der Waals surface area contributed by atoms with Crippen molar-refractivity contribution in [2.45, 2.75) is 32.5 Å². The van der Waals surface area contributed by atoms with E-state index in [2.05, 4.69) is 28.9 Å². The van der Waals surface area contributed by atoms with Crippen molar-refractivity contribution in [2.24, 2.45) is 0 Å². The van der Waals surface area contributed by atoms with Crippen LogP contribution in [0.3, 0.4) is 0 Å². The molecule has 0 bridgehead atoms. The Hall–Kier alpha value is -1.92. The van der Waals surface area contributed by atoms with Crippen molar-refractivity contribution in [1.29, 1.82) is 0 Å². The van der Waals surface area contributed by atoms with Crippen molar-refractivity contribution >= 4 is 0 Å². The van der Waals surface area contributed by atoms with Crippen LogP contribution in [0.15, 0.2) is 28.7 Å². The molecule has 0 spiro atoms. The van der Waals surface area contributed by atoms with Gasteiger partial charge in [0.25, 0.3) is 0 Å². The zero-order valence-electron chi connectivity index (χ0n) is 13.2. The van der Waals surface area contributed by atoms with Crippen LogP contribution in [0.5, 0.6) is 5.75 Å². The van der Waals surface area contributed by atoms with Gasteiger partial charge >= 0.3 is 0 Å². The maximum Gasteiger partial charge on any atom is 0.247 e. The SMILES string of the molecule is COc1ccc(-c2nnc(CN3CC(C)OCC3C)o2)cc1. The molecule has 1 saturated heterocycles. The molecular weight excluding hydrogens is 282 g/mol. The van der Waals surface area contributed by atoms with Gasteiger partial charge in [-0.25, -0.2) is 0 Å². The Morgan fingerprint density at radius 2 is 2.00 bits per heavy atom. The van der Waals surface area contributed by atoms with Gasteiger partial charge in [-0.05, 0) is 38.1 Å². The summed E-state index contributed by atoms with van der Waals surface area (Å²) >= 11 is 0. The first-order valence-electron chi connectivity index (χ1n) is 7.48. The summed E-state index contributed by atoms with van der Waals surface area (Å²) in [6, 6.07) is 7.94. The first kappa shape index (κ1) is 15.0. The molecule has 1 aliphatic heterocycles. The third kappa shape index (κ3) is 3.28. The molecule has 2 atom stereocenters. The summed E-state index contributed by atoms with van der Waals surface area (Å²) in [6.45, 7) is 6.49. The van der Waals surface area contributed by atoms with Crippen LogP contribution in [0.4, 0.5) is 0 Å². The highest BCUT2D eigenvalue weighted by atomic mass is 16.5. The molecule has 2 aromatic rings. The van der Waals surface area contributed by atoms with Gasteiger partial charge in [0.1, 0.15) is 5.75 Å². The van der Waals surface area contributed by atoms with E-state index in [0.717, 1.165) is 24.5 Å². The minimum absolute atomic E-state index is 0.236. The smallest absolute Gasteiger partial charge is 0.247 e. The highest BCUT2D eigenvalue weighted by molar-refractivity contribution is 5.53. The zero-order chi connectivity index (χ0) is 15.5. The van der Waals surface area contributed by atoms with E-state index in [4.69, 9.17) is 13.9 Å². The largest absolute Gasteiger partial charge is 0.497 e. The number of hydrogen-bond acceptors (Lipinski definition) is 6. The molecule has 1 aromatic carbocycles. The van der Waals surface area contributed by atoms with Gasteiger partial charge in [-0.2, -0.15) is 0 Å². The van der Waals surface area contributed by atoms with E-state index in [1.54, 1.807) is 7.11 Å². The fourth-order valence-corrected chi connectivity index (χ4v) is 2.53. The fourth-order valence-electron chi connectivity index (χ4n) is 2.53. The minimum atomic E-state index is 0.236.